The van der Waals surface area contributed by atoms with Crippen LogP contribution in [-0.4, -0.2) is 32.7 Å². The Hall–Kier alpha value is -4.46. The third-order valence-electron chi connectivity index (χ3n) is 5.69. The van der Waals surface area contributed by atoms with Crippen molar-refractivity contribution in [3.05, 3.63) is 107 Å². The Morgan fingerprint density at radius 2 is 1.71 bits per heavy atom. The molecule has 34 heavy (non-hydrogen) atoms. The van der Waals surface area contributed by atoms with Crippen molar-refractivity contribution >= 4 is 17.5 Å². The van der Waals surface area contributed by atoms with E-state index in [1.54, 1.807) is 4.68 Å². The number of tetrazole rings is 1. The average molecular weight is 453 g/mol. The number of carbonyl (C=O) groups is 1. The Morgan fingerprint density at radius 3 is 2.44 bits per heavy atom. The van der Waals surface area contributed by atoms with Crippen molar-refractivity contribution in [1.29, 1.82) is 0 Å². The molecule has 1 atom stereocenters. The minimum Gasteiger partial charge on any atom is -0.493 e. The van der Waals surface area contributed by atoms with Gasteiger partial charge in [0.05, 0.1) is 12.2 Å². The largest absolute Gasteiger partial charge is 0.493 e. The minimum atomic E-state index is -0.478. The van der Waals surface area contributed by atoms with Gasteiger partial charge in [-0.2, -0.15) is 4.68 Å². The van der Waals surface area contributed by atoms with Gasteiger partial charge in [-0.05, 0) is 52.7 Å². The number of aromatic nitrogens is 4. The highest BCUT2D eigenvalue weighted by Crippen LogP contribution is 2.35. The molecule has 0 spiro atoms. The molecule has 8 nitrogen and oxygen atoms in total. The molecular weight excluding hydrogens is 428 g/mol. The molecule has 170 valence electrons. The van der Waals surface area contributed by atoms with Gasteiger partial charge in [0.1, 0.15) is 11.8 Å². The first kappa shape index (κ1) is 21.4. The Morgan fingerprint density at radius 1 is 1.00 bits per heavy atom. The number of benzene rings is 3. The number of nitrogens with one attached hydrogen (secondary N) is 2. The van der Waals surface area contributed by atoms with Crippen molar-refractivity contribution in [2.24, 2.45) is 0 Å². The lowest BCUT2D eigenvalue weighted by molar-refractivity contribution is -0.113. The summed E-state index contributed by atoms with van der Waals surface area (Å²) in [6.07, 6.45) is 0.830. The highest BCUT2D eigenvalue weighted by molar-refractivity contribution is 6.06. The number of para-hydroxylation sites is 1. The minimum absolute atomic E-state index is 0.217. The van der Waals surface area contributed by atoms with Crippen molar-refractivity contribution in [2.45, 2.75) is 19.4 Å². The number of anilines is 2. The van der Waals surface area contributed by atoms with Gasteiger partial charge in [-0.3, -0.25) is 4.79 Å². The van der Waals surface area contributed by atoms with E-state index in [0.717, 1.165) is 23.4 Å². The van der Waals surface area contributed by atoms with Crippen LogP contribution in [0.2, 0.25) is 0 Å². The van der Waals surface area contributed by atoms with Crippen LogP contribution in [0.5, 0.6) is 5.75 Å². The molecule has 8 heteroatoms. The Balaban J connectivity index is 1.37. The van der Waals surface area contributed by atoms with Crippen LogP contribution in [0.3, 0.4) is 0 Å². The van der Waals surface area contributed by atoms with Crippen molar-refractivity contribution in [3.8, 4) is 5.75 Å². The van der Waals surface area contributed by atoms with Gasteiger partial charge < -0.3 is 15.4 Å². The van der Waals surface area contributed by atoms with Crippen molar-refractivity contribution in [2.75, 3.05) is 17.2 Å². The van der Waals surface area contributed by atoms with Crippen LogP contribution in [0, 0.1) is 0 Å². The van der Waals surface area contributed by atoms with Crippen LogP contribution in [0.1, 0.15) is 24.1 Å². The van der Waals surface area contributed by atoms with E-state index < -0.39 is 6.04 Å². The van der Waals surface area contributed by atoms with Gasteiger partial charge in [-0.15, -0.1) is 0 Å². The van der Waals surface area contributed by atoms with E-state index in [4.69, 9.17) is 4.74 Å². The maximum Gasteiger partial charge on any atom is 0.255 e. The molecule has 0 aliphatic carbocycles. The summed E-state index contributed by atoms with van der Waals surface area (Å²) in [5, 5.41) is 18.1. The summed E-state index contributed by atoms with van der Waals surface area (Å²) in [6.45, 7) is 2.43. The van der Waals surface area contributed by atoms with Gasteiger partial charge >= 0.3 is 0 Å². The number of amides is 1. The number of rotatable bonds is 7. The zero-order valence-corrected chi connectivity index (χ0v) is 18.7. The van der Waals surface area contributed by atoms with Gasteiger partial charge in [0, 0.05) is 17.8 Å². The van der Waals surface area contributed by atoms with Crippen molar-refractivity contribution in [1.82, 2.24) is 20.2 Å². The van der Waals surface area contributed by atoms with Crippen LogP contribution in [0.25, 0.3) is 0 Å². The summed E-state index contributed by atoms with van der Waals surface area (Å²) in [5.41, 5.74) is 4.07. The average Bonchev–Trinajstić information content (AvgIpc) is 3.33. The monoisotopic (exact) mass is 452 g/mol. The standard InChI is InChI=1S/C26H24N6O2/c1-18-23(25(33)28-21-10-6-3-7-11-21)24(32-26(27-18)29-30-31-32)20-12-14-22(15-13-20)34-17-16-19-8-4-2-5-9-19/h2-15,24H,16-17H2,1H3,(H,28,33)(H,27,29,31). The normalized spacial score (nSPS) is 14.8. The van der Waals surface area contributed by atoms with Crippen molar-refractivity contribution in [3.63, 3.8) is 0 Å². The summed E-state index contributed by atoms with van der Waals surface area (Å²) < 4.78 is 7.55. The second kappa shape index (κ2) is 9.58. The van der Waals surface area contributed by atoms with E-state index in [1.807, 2.05) is 79.7 Å². The third-order valence-corrected chi connectivity index (χ3v) is 5.69. The molecule has 2 heterocycles. The molecule has 0 saturated carbocycles. The fourth-order valence-electron chi connectivity index (χ4n) is 4.01. The Bertz CT molecular complexity index is 1300. The summed E-state index contributed by atoms with van der Waals surface area (Å²) >= 11 is 0. The number of allylic oxidation sites excluding steroid dienone is 1. The molecule has 1 unspecified atom stereocenters. The van der Waals surface area contributed by atoms with E-state index in [2.05, 4.69) is 38.3 Å². The van der Waals surface area contributed by atoms with Crippen LogP contribution < -0.4 is 15.4 Å². The topological polar surface area (TPSA) is 94.0 Å². The number of ether oxygens (including phenoxy) is 1. The molecular formula is C26H24N6O2. The van der Waals surface area contributed by atoms with Gasteiger partial charge in [-0.25, -0.2) is 0 Å². The SMILES string of the molecule is CC1=C(C(=O)Nc2ccccc2)C(c2ccc(OCCc3ccccc3)cc2)n2nnnc2N1. The fourth-order valence-corrected chi connectivity index (χ4v) is 4.01. The van der Waals surface area contributed by atoms with Crippen LogP contribution in [0.15, 0.2) is 96.2 Å². The van der Waals surface area contributed by atoms with Crippen molar-refractivity contribution < 1.29 is 9.53 Å². The second-order valence-corrected chi connectivity index (χ2v) is 7.99. The molecule has 1 aromatic heterocycles. The van der Waals surface area contributed by atoms with Crippen LogP contribution in [0.4, 0.5) is 11.6 Å². The molecule has 0 saturated heterocycles. The molecule has 4 aromatic rings. The lowest BCUT2D eigenvalue weighted by Gasteiger charge is -2.28. The zero-order chi connectivity index (χ0) is 23.3. The number of hydrogen-bond donors (Lipinski definition) is 2. The molecule has 0 fully saturated rings. The first-order valence-electron chi connectivity index (χ1n) is 11.1. The Labute approximate surface area is 197 Å². The lowest BCUT2D eigenvalue weighted by Crippen LogP contribution is -2.31. The quantitative estimate of drug-likeness (QED) is 0.436. The lowest BCUT2D eigenvalue weighted by atomic mass is 9.95. The van der Waals surface area contributed by atoms with Gasteiger partial charge in [0.25, 0.3) is 5.91 Å². The first-order chi connectivity index (χ1) is 16.7. The van der Waals surface area contributed by atoms with Gasteiger partial charge in [-0.1, -0.05) is 65.8 Å². The molecule has 1 amide bonds. The molecule has 5 rings (SSSR count). The maximum atomic E-state index is 13.3. The first-order valence-corrected chi connectivity index (χ1v) is 11.1. The summed E-state index contributed by atoms with van der Waals surface area (Å²) in [5.74, 6) is 1.04. The predicted molar refractivity (Wildman–Crippen MR) is 129 cm³/mol. The maximum absolute atomic E-state index is 13.3. The van der Waals surface area contributed by atoms with Gasteiger partial charge in [0.2, 0.25) is 5.95 Å². The van der Waals surface area contributed by atoms with E-state index in [1.165, 1.54) is 5.56 Å². The fraction of sp³-hybridized carbons (Fsp3) is 0.154. The number of nitrogens with zero attached hydrogens (tertiary/aromatic N) is 4. The number of fused-ring (bicyclic) bond motifs is 1. The summed E-state index contributed by atoms with van der Waals surface area (Å²) in [4.78, 5) is 13.3. The summed E-state index contributed by atoms with van der Waals surface area (Å²) in [6, 6.07) is 26.8. The molecule has 1 aliphatic rings. The third kappa shape index (κ3) is 4.52. The molecule has 0 bridgehead atoms. The highest BCUT2D eigenvalue weighted by Gasteiger charge is 2.34. The molecule has 1 aliphatic heterocycles. The number of carbonyl (C=O) groups excluding carboxylic acids is 1. The summed E-state index contributed by atoms with van der Waals surface area (Å²) in [7, 11) is 0. The second-order valence-electron chi connectivity index (χ2n) is 7.99. The predicted octanol–water partition coefficient (Wildman–Crippen LogP) is 4.22. The van der Waals surface area contributed by atoms with Crippen LogP contribution >= 0.6 is 0 Å². The van der Waals surface area contributed by atoms with Gasteiger partial charge in [0.15, 0.2) is 0 Å². The zero-order valence-electron chi connectivity index (χ0n) is 18.7. The van der Waals surface area contributed by atoms with E-state index in [-0.39, 0.29) is 5.91 Å². The molecule has 3 aromatic carbocycles. The Kier molecular flexibility index (Phi) is 6.03. The highest BCUT2D eigenvalue weighted by atomic mass is 16.5. The van der Waals surface area contributed by atoms with E-state index in [9.17, 15) is 4.79 Å². The van der Waals surface area contributed by atoms with E-state index >= 15 is 0 Å². The van der Waals surface area contributed by atoms with Crippen LogP contribution in [-0.2, 0) is 11.2 Å². The number of hydrogen-bond acceptors (Lipinski definition) is 6. The molecule has 0 radical (unpaired) electrons. The smallest absolute Gasteiger partial charge is 0.255 e. The molecule has 2 N–H and O–H groups in total. The van der Waals surface area contributed by atoms with E-state index in [0.29, 0.717) is 23.8 Å².